The van der Waals surface area contributed by atoms with Crippen molar-refractivity contribution in [1.82, 2.24) is 15.1 Å². The Bertz CT molecular complexity index is 909. The van der Waals surface area contributed by atoms with Gasteiger partial charge in [0.1, 0.15) is 17.6 Å². The highest BCUT2D eigenvalue weighted by Crippen LogP contribution is 2.31. The number of likely N-dealkylation sites (N-methyl/N-ethyl adjacent to an activating group) is 1. The first-order valence-corrected chi connectivity index (χ1v) is 8.66. The highest BCUT2D eigenvalue weighted by atomic mass is 16.4. The Hall–Kier alpha value is -3.18. The van der Waals surface area contributed by atoms with Gasteiger partial charge >= 0.3 is 5.97 Å². The largest absolute Gasteiger partial charge is 0.507 e. The van der Waals surface area contributed by atoms with E-state index in [1.807, 2.05) is 24.0 Å². The molecule has 0 spiro atoms. The molecule has 1 aromatic carbocycles. The maximum atomic E-state index is 11.2. The number of hydrogen-bond acceptors (Lipinski definition) is 7. The first kappa shape index (κ1) is 18.6. The SMILES string of the molecule is Cc1cc(N[C@@H]2CC[C@H](C(=O)O)N(C)C2)nnc1-c1ccc(C#N)cc1O. The molecule has 27 heavy (non-hydrogen) atoms. The number of likely N-dealkylation sites (tertiary alicyclic amines) is 1. The van der Waals surface area contributed by atoms with Gasteiger partial charge in [-0.3, -0.25) is 9.69 Å². The van der Waals surface area contributed by atoms with Crippen LogP contribution in [-0.2, 0) is 4.79 Å². The second kappa shape index (κ2) is 7.60. The Morgan fingerprint density at radius 1 is 1.33 bits per heavy atom. The molecule has 0 unspecified atom stereocenters. The van der Waals surface area contributed by atoms with Crippen molar-refractivity contribution in [2.24, 2.45) is 0 Å². The van der Waals surface area contributed by atoms with Gasteiger partial charge in [-0.1, -0.05) is 0 Å². The van der Waals surface area contributed by atoms with Crippen LogP contribution in [0.25, 0.3) is 11.3 Å². The number of aryl methyl sites for hydroxylation is 1. The number of aliphatic carboxylic acids is 1. The van der Waals surface area contributed by atoms with Crippen LogP contribution in [0.5, 0.6) is 5.75 Å². The molecule has 0 radical (unpaired) electrons. The first-order valence-electron chi connectivity index (χ1n) is 8.66. The van der Waals surface area contributed by atoms with Crippen molar-refractivity contribution in [3.8, 4) is 23.1 Å². The van der Waals surface area contributed by atoms with Crippen LogP contribution in [0, 0.1) is 18.3 Å². The summed E-state index contributed by atoms with van der Waals surface area (Å²) in [6, 6.07) is 8.16. The molecule has 0 aliphatic carbocycles. The molecule has 1 saturated heterocycles. The fraction of sp³-hybridized carbons (Fsp3) is 0.368. The van der Waals surface area contributed by atoms with Crippen molar-refractivity contribution in [3.63, 3.8) is 0 Å². The van der Waals surface area contributed by atoms with E-state index in [1.54, 1.807) is 19.2 Å². The molecule has 8 nitrogen and oxygen atoms in total. The predicted molar refractivity (Wildman–Crippen MR) is 99.3 cm³/mol. The van der Waals surface area contributed by atoms with E-state index in [4.69, 9.17) is 5.26 Å². The summed E-state index contributed by atoms with van der Waals surface area (Å²) in [5, 5.41) is 40.0. The van der Waals surface area contributed by atoms with Crippen molar-refractivity contribution < 1.29 is 15.0 Å². The topological polar surface area (TPSA) is 122 Å². The lowest BCUT2D eigenvalue weighted by molar-refractivity contribution is -0.143. The van der Waals surface area contributed by atoms with Gasteiger partial charge in [0.15, 0.2) is 0 Å². The molecule has 1 aliphatic rings. The number of nitriles is 1. The van der Waals surface area contributed by atoms with Crippen LogP contribution in [0.15, 0.2) is 24.3 Å². The van der Waals surface area contributed by atoms with Crippen LogP contribution in [0.4, 0.5) is 5.82 Å². The van der Waals surface area contributed by atoms with Gasteiger partial charge < -0.3 is 15.5 Å². The van der Waals surface area contributed by atoms with Gasteiger partial charge in [-0.2, -0.15) is 5.26 Å². The lowest BCUT2D eigenvalue weighted by Gasteiger charge is -2.35. The smallest absolute Gasteiger partial charge is 0.320 e. The van der Waals surface area contributed by atoms with Crippen LogP contribution >= 0.6 is 0 Å². The molecule has 0 saturated carbocycles. The van der Waals surface area contributed by atoms with E-state index in [9.17, 15) is 15.0 Å². The summed E-state index contributed by atoms with van der Waals surface area (Å²) in [6.45, 7) is 2.48. The van der Waals surface area contributed by atoms with Gasteiger partial charge in [-0.05, 0) is 56.6 Å². The molecule has 140 valence electrons. The number of piperidine rings is 1. The van der Waals surface area contributed by atoms with E-state index in [0.717, 1.165) is 12.0 Å². The summed E-state index contributed by atoms with van der Waals surface area (Å²) in [5.41, 5.74) is 2.28. The Kier molecular flexibility index (Phi) is 5.23. The van der Waals surface area contributed by atoms with Gasteiger partial charge in [0, 0.05) is 18.2 Å². The number of benzene rings is 1. The lowest BCUT2D eigenvalue weighted by atomic mass is 9.99. The molecule has 1 aliphatic heterocycles. The van der Waals surface area contributed by atoms with Crippen molar-refractivity contribution in [3.05, 3.63) is 35.4 Å². The minimum absolute atomic E-state index is 0.0132. The summed E-state index contributed by atoms with van der Waals surface area (Å²) in [5.74, 6) is -0.199. The number of aromatic nitrogens is 2. The van der Waals surface area contributed by atoms with Crippen LogP contribution in [-0.4, -0.2) is 57.0 Å². The van der Waals surface area contributed by atoms with Gasteiger partial charge in [-0.15, -0.1) is 10.2 Å². The van der Waals surface area contributed by atoms with Gasteiger partial charge in [0.05, 0.1) is 17.3 Å². The van der Waals surface area contributed by atoms with Crippen LogP contribution < -0.4 is 5.32 Å². The van der Waals surface area contributed by atoms with Crippen LogP contribution in [0.2, 0.25) is 0 Å². The van der Waals surface area contributed by atoms with Crippen molar-refractivity contribution in [2.45, 2.75) is 31.8 Å². The zero-order chi connectivity index (χ0) is 19.6. The molecule has 3 N–H and O–H groups in total. The van der Waals surface area contributed by atoms with E-state index in [1.165, 1.54) is 6.07 Å². The molecule has 1 aromatic heterocycles. The first-order chi connectivity index (χ1) is 12.9. The molecule has 0 amide bonds. The fourth-order valence-electron chi connectivity index (χ4n) is 3.41. The van der Waals surface area contributed by atoms with E-state index in [0.29, 0.717) is 35.6 Å². The maximum Gasteiger partial charge on any atom is 0.320 e. The summed E-state index contributed by atoms with van der Waals surface area (Å²) < 4.78 is 0. The zero-order valence-electron chi connectivity index (χ0n) is 15.2. The van der Waals surface area contributed by atoms with Crippen LogP contribution in [0.1, 0.15) is 24.0 Å². The van der Waals surface area contributed by atoms with Crippen LogP contribution in [0.3, 0.4) is 0 Å². The third-order valence-corrected chi connectivity index (χ3v) is 4.83. The number of aromatic hydroxyl groups is 1. The van der Waals surface area contributed by atoms with E-state index in [-0.39, 0.29) is 11.8 Å². The van der Waals surface area contributed by atoms with Gasteiger partial charge in [0.25, 0.3) is 0 Å². The number of carbonyl (C=O) groups is 1. The third kappa shape index (κ3) is 3.99. The minimum Gasteiger partial charge on any atom is -0.507 e. The quantitative estimate of drug-likeness (QED) is 0.750. The molecule has 1 fully saturated rings. The van der Waals surface area contributed by atoms with E-state index in [2.05, 4.69) is 15.5 Å². The number of hydrogen-bond donors (Lipinski definition) is 3. The number of rotatable bonds is 4. The standard InChI is InChI=1S/C19H21N5O3/c1-11-7-17(21-13-4-6-15(19(26)27)24(2)10-13)22-23-18(11)14-5-3-12(9-20)8-16(14)25/h3,5,7-8,13,15,25H,4,6,10H2,1-2H3,(H,21,22)(H,26,27)/t13-,15-/m1/s1. The average molecular weight is 367 g/mol. The number of nitrogens with zero attached hydrogens (tertiary/aromatic N) is 4. The number of phenols is 1. The highest BCUT2D eigenvalue weighted by molar-refractivity contribution is 5.73. The van der Waals surface area contributed by atoms with E-state index < -0.39 is 12.0 Å². The van der Waals surface area contributed by atoms with Crippen molar-refractivity contribution in [1.29, 1.82) is 5.26 Å². The maximum absolute atomic E-state index is 11.2. The second-order valence-corrected chi connectivity index (χ2v) is 6.82. The minimum atomic E-state index is -0.793. The number of phenolic OH excluding ortho intramolecular Hbond substituents is 1. The zero-order valence-corrected chi connectivity index (χ0v) is 15.2. The number of nitrogens with one attached hydrogen (secondary N) is 1. The van der Waals surface area contributed by atoms with Gasteiger partial charge in [0.2, 0.25) is 0 Å². The highest BCUT2D eigenvalue weighted by Gasteiger charge is 2.30. The average Bonchev–Trinajstić information content (AvgIpc) is 2.62. The molecule has 8 heteroatoms. The molecule has 2 heterocycles. The monoisotopic (exact) mass is 367 g/mol. The predicted octanol–water partition coefficient (Wildman–Crippen LogP) is 1.99. The summed E-state index contributed by atoms with van der Waals surface area (Å²) in [7, 11) is 1.81. The number of carboxylic acid groups (broad SMARTS) is 1. The third-order valence-electron chi connectivity index (χ3n) is 4.83. The Labute approximate surface area is 157 Å². The fourth-order valence-corrected chi connectivity index (χ4v) is 3.41. The van der Waals surface area contributed by atoms with E-state index >= 15 is 0 Å². The molecule has 2 aromatic rings. The molecule has 0 bridgehead atoms. The molecular formula is C19H21N5O3. The van der Waals surface area contributed by atoms with Gasteiger partial charge in [-0.25, -0.2) is 0 Å². The Morgan fingerprint density at radius 2 is 2.11 bits per heavy atom. The van der Waals surface area contributed by atoms with Crippen molar-refractivity contribution >= 4 is 11.8 Å². The molecule has 2 atom stereocenters. The molecular weight excluding hydrogens is 346 g/mol. The Balaban J connectivity index is 1.74. The summed E-state index contributed by atoms with van der Waals surface area (Å²) >= 11 is 0. The normalized spacial score (nSPS) is 20.0. The summed E-state index contributed by atoms with van der Waals surface area (Å²) in [6.07, 6.45) is 1.31. The van der Waals surface area contributed by atoms with Crippen molar-refractivity contribution in [2.75, 3.05) is 18.9 Å². The Morgan fingerprint density at radius 3 is 2.70 bits per heavy atom. The summed E-state index contributed by atoms with van der Waals surface area (Å²) in [4.78, 5) is 13.0. The molecule has 3 rings (SSSR count). The number of carboxylic acids is 1. The second-order valence-electron chi connectivity index (χ2n) is 6.82. The number of anilines is 1. The lowest BCUT2D eigenvalue weighted by Crippen LogP contribution is -2.49.